The molecule has 1 unspecified atom stereocenters. The summed E-state index contributed by atoms with van der Waals surface area (Å²) < 4.78 is 5.12. The van der Waals surface area contributed by atoms with E-state index in [-0.39, 0.29) is 0 Å². The Morgan fingerprint density at radius 1 is 1.42 bits per heavy atom. The Morgan fingerprint density at radius 3 is 2.32 bits per heavy atom. The Kier molecular flexibility index (Phi) is 5.21. The molecule has 1 rings (SSSR count). The van der Waals surface area contributed by atoms with Crippen molar-refractivity contribution in [3.63, 3.8) is 0 Å². The largest absolute Gasteiger partial charge is 0.480 e. The lowest BCUT2D eigenvalue weighted by atomic mass is 10.0. The highest BCUT2D eigenvalue weighted by atomic mass is 16.6. The molecule has 0 spiro atoms. The molecule has 1 fully saturated rings. The lowest BCUT2D eigenvalue weighted by Crippen LogP contribution is -2.64. The molecule has 0 aliphatic carbocycles. The van der Waals surface area contributed by atoms with Gasteiger partial charge in [-0.05, 0) is 6.92 Å². The molecule has 0 radical (unpaired) electrons. The van der Waals surface area contributed by atoms with Crippen LogP contribution in [-0.2, 0) is 9.53 Å². The molecule has 1 heterocycles. The van der Waals surface area contributed by atoms with Crippen molar-refractivity contribution in [2.24, 2.45) is 0 Å². The maximum Gasteiger partial charge on any atom is 0.323 e. The third-order valence-electron chi connectivity index (χ3n) is 3.11. The molecule has 9 heteroatoms. The molecule has 1 aliphatic rings. The Labute approximate surface area is 109 Å². The van der Waals surface area contributed by atoms with Gasteiger partial charge < -0.3 is 35.4 Å². The van der Waals surface area contributed by atoms with Crippen molar-refractivity contribution in [1.29, 1.82) is 0 Å². The zero-order valence-electron chi connectivity index (χ0n) is 10.3. The number of aliphatic hydroxyl groups excluding tert-OH is 5. The lowest BCUT2D eigenvalue weighted by molar-refractivity contribution is -0.163. The van der Waals surface area contributed by atoms with Crippen LogP contribution in [0.3, 0.4) is 0 Å². The van der Waals surface area contributed by atoms with Crippen LogP contribution < -0.4 is 5.32 Å². The fourth-order valence-corrected chi connectivity index (χ4v) is 1.98. The minimum atomic E-state index is -1.97. The summed E-state index contributed by atoms with van der Waals surface area (Å²) in [5.41, 5.74) is -1.97. The van der Waals surface area contributed by atoms with E-state index in [1.165, 1.54) is 6.92 Å². The number of carboxylic acids is 1. The highest BCUT2D eigenvalue weighted by molar-refractivity contribution is 5.74. The topological polar surface area (TPSA) is 160 Å². The predicted molar refractivity (Wildman–Crippen MR) is 60.0 cm³/mol. The van der Waals surface area contributed by atoms with Gasteiger partial charge in [0.15, 0.2) is 5.72 Å². The average Bonchev–Trinajstić information content (AvgIpc) is 2.60. The van der Waals surface area contributed by atoms with Crippen molar-refractivity contribution >= 4 is 5.97 Å². The number of carboxylic acid groups (broad SMARTS) is 1. The molecule has 7 N–H and O–H groups in total. The summed E-state index contributed by atoms with van der Waals surface area (Å²) in [6.45, 7) is -0.259. The second-order valence-electron chi connectivity index (χ2n) is 4.52. The summed E-state index contributed by atoms with van der Waals surface area (Å²) in [4.78, 5) is 11.0. The number of hydrogen-bond acceptors (Lipinski definition) is 8. The minimum Gasteiger partial charge on any atom is -0.480 e. The van der Waals surface area contributed by atoms with Crippen LogP contribution in [0.2, 0.25) is 0 Å². The van der Waals surface area contributed by atoms with Crippen LogP contribution in [0.5, 0.6) is 0 Å². The first-order chi connectivity index (χ1) is 8.79. The number of aliphatic hydroxyl groups is 5. The number of nitrogens with one attached hydrogen (secondary N) is 1. The third-order valence-corrected chi connectivity index (χ3v) is 3.11. The van der Waals surface area contributed by atoms with Crippen molar-refractivity contribution in [3.8, 4) is 0 Å². The first-order valence-corrected chi connectivity index (χ1v) is 5.73. The maximum absolute atomic E-state index is 11.0. The van der Waals surface area contributed by atoms with E-state index in [2.05, 4.69) is 5.32 Å². The second-order valence-corrected chi connectivity index (χ2v) is 4.52. The molecule has 19 heavy (non-hydrogen) atoms. The summed E-state index contributed by atoms with van der Waals surface area (Å²) in [6.07, 6.45) is -5.65. The molecule has 0 aromatic rings. The van der Waals surface area contributed by atoms with Gasteiger partial charge in [-0.15, -0.1) is 0 Å². The number of rotatable bonds is 6. The van der Waals surface area contributed by atoms with Gasteiger partial charge >= 0.3 is 5.97 Å². The van der Waals surface area contributed by atoms with E-state index >= 15 is 0 Å². The Hall–Kier alpha value is -0.810. The first kappa shape index (κ1) is 16.2. The van der Waals surface area contributed by atoms with Gasteiger partial charge in [-0.2, -0.15) is 0 Å². The number of carbonyl (C=O) groups is 1. The van der Waals surface area contributed by atoms with Crippen LogP contribution in [0.15, 0.2) is 0 Å². The van der Waals surface area contributed by atoms with Gasteiger partial charge in [-0.1, -0.05) is 0 Å². The highest BCUT2D eigenvalue weighted by Gasteiger charge is 2.55. The van der Waals surface area contributed by atoms with Gasteiger partial charge in [-0.25, -0.2) is 0 Å². The quantitative estimate of drug-likeness (QED) is 0.259. The second kappa shape index (κ2) is 6.09. The molecule has 6 atom stereocenters. The fraction of sp³-hybridized carbons (Fsp3) is 0.900. The number of ether oxygens (including phenoxy) is 1. The predicted octanol–water partition coefficient (Wildman–Crippen LogP) is -3.79. The molecule has 0 amide bonds. The molecule has 0 saturated carbocycles. The van der Waals surface area contributed by atoms with Crippen molar-refractivity contribution in [2.75, 3.05) is 13.2 Å². The average molecular weight is 281 g/mol. The van der Waals surface area contributed by atoms with Gasteiger partial charge in [0.05, 0.1) is 19.3 Å². The SMILES string of the molecule is C[C@@H](O)[C@H](NC1(CO)O[C@H](CO)[C@@H](O)[C@@H]1O)C(=O)O. The monoisotopic (exact) mass is 281 g/mol. The Bertz CT molecular complexity index is 325. The molecular formula is C10H19NO8. The third kappa shape index (κ3) is 3.03. The summed E-state index contributed by atoms with van der Waals surface area (Å²) in [7, 11) is 0. The van der Waals surface area contributed by atoms with Crippen LogP contribution in [0, 0.1) is 0 Å². The maximum atomic E-state index is 11.0. The molecular weight excluding hydrogens is 262 g/mol. The molecule has 9 nitrogen and oxygen atoms in total. The van der Waals surface area contributed by atoms with Gasteiger partial charge in [-0.3, -0.25) is 10.1 Å². The van der Waals surface area contributed by atoms with Crippen LogP contribution in [-0.4, -0.2) is 86.0 Å². The fourth-order valence-electron chi connectivity index (χ4n) is 1.98. The molecule has 1 saturated heterocycles. The van der Waals surface area contributed by atoms with Crippen LogP contribution in [0.25, 0.3) is 0 Å². The zero-order chi connectivity index (χ0) is 14.8. The van der Waals surface area contributed by atoms with Crippen molar-refractivity contribution < 1.29 is 40.2 Å². The standard InChI is InChI=1S/C10H19NO8/c1-4(14)6(9(17)18)11-10(3-13)8(16)7(15)5(2-12)19-10/h4-8,11-16H,2-3H2,1H3,(H,17,18)/t4-,5-,6+,7-,8+,10?/m1/s1. The normalized spacial score (nSPS) is 38.1. The highest BCUT2D eigenvalue weighted by Crippen LogP contribution is 2.29. The van der Waals surface area contributed by atoms with E-state index in [1.54, 1.807) is 0 Å². The summed E-state index contributed by atoms with van der Waals surface area (Å²) >= 11 is 0. The van der Waals surface area contributed by atoms with Crippen molar-refractivity contribution in [3.05, 3.63) is 0 Å². The summed E-state index contributed by atoms with van der Waals surface area (Å²) in [5, 5.41) is 58.3. The van der Waals surface area contributed by atoms with Gasteiger partial charge in [0.1, 0.15) is 24.4 Å². The zero-order valence-corrected chi connectivity index (χ0v) is 10.3. The summed E-state index contributed by atoms with van der Waals surface area (Å²) in [5.74, 6) is -1.42. The molecule has 112 valence electrons. The summed E-state index contributed by atoms with van der Waals surface area (Å²) in [6, 6.07) is -1.52. The van der Waals surface area contributed by atoms with E-state index in [4.69, 9.17) is 14.9 Å². The van der Waals surface area contributed by atoms with Gasteiger partial charge in [0, 0.05) is 0 Å². The van der Waals surface area contributed by atoms with E-state index < -0.39 is 55.4 Å². The molecule has 1 aliphatic heterocycles. The van der Waals surface area contributed by atoms with E-state index in [0.29, 0.717) is 0 Å². The van der Waals surface area contributed by atoms with Crippen LogP contribution in [0.4, 0.5) is 0 Å². The van der Waals surface area contributed by atoms with E-state index in [1.807, 2.05) is 0 Å². The van der Waals surface area contributed by atoms with Gasteiger partial charge in [0.2, 0.25) is 0 Å². The molecule has 0 aromatic carbocycles. The Balaban J connectivity index is 2.95. The van der Waals surface area contributed by atoms with E-state index in [9.17, 15) is 25.2 Å². The molecule has 0 bridgehead atoms. The van der Waals surface area contributed by atoms with E-state index in [0.717, 1.165) is 0 Å². The van der Waals surface area contributed by atoms with Crippen molar-refractivity contribution in [2.45, 2.75) is 43.1 Å². The molecule has 0 aromatic heterocycles. The smallest absolute Gasteiger partial charge is 0.323 e. The number of aliphatic carboxylic acids is 1. The van der Waals surface area contributed by atoms with Crippen LogP contribution in [0.1, 0.15) is 6.92 Å². The van der Waals surface area contributed by atoms with Crippen LogP contribution >= 0.6 is 0 Å². The Morgan fingerprint density at radius 2 is 2.00 bits per heavy atom. The lowest BCUT2D eigenvalue weighted by Gasteiger charge is -2.34. The van der Waals surface area contributed by atoms with Gasteiger partial charge in [0.25, 0.3) is 0 Å². The van der Waals surface area contributed by atoms with Crippen molar-refractivity contribution in [1.82, 2.24) is 5.32 Å². The first-order valence-electron chi connectivity index (χ1n) is 5.73. The minimum absolute atomic E-state index is 0.617. The number of hydrogen-bond donors (Lipinski definition) is 7.